The molecule has 0 atom stereocenters. The van der Waals surface area contributed by atoms with E-state index in [1.807, 2.05) is 55.5 Å². The molecule has 3 aromatic carbocycles. The van der Waals surface area contributed by atoms with Crippen LogP contribution in [0.3, 0.4) is 0 Å². The van der Waals surface area contributed by atoms with E-state index < -0.39 is 11.2 Å². The second-order valence-electron chi connectivity index (χ2n) is 9.41. The lowest BCUT2D eigenvalue weighted by Crippen LogP contribution is -2.40. The van der Waals surface area contributed by atoms with Crippen LogP contribution in [0.1, 0.15) is 42.0 Å². The Balaban J connectivity index is 1.72. The first-order valence-corrected chi connectivity index (χ1v) is 11.9. The smallest absolute Gasteiger partial charge is 0.320 e. The third-order valence-electron chi connectivity index (χ3n) is 6.45. The molecule has 0 aliphatic heterocycles. The zero-order chi connectivity index (χ0) is 25.4. The lowest BCUT2D eigenvalue weighted by molar-refractivity contribution is 0.624. The molecule has 5 aromatic rings. The number of fused-ring (bicyclic) bond motifs is 1. The van der Waals surface area contributed by atoms with Crippen molar-refractivity contribution >= 4 is 11.2 Å². The number of hydrogen-bond acceptors (Lipinski definition) is 3. The number of nitrogens with zero attached hydrogens (tertiary/aromatic N) is 4. The van der Waals surface area contributed by atoms with Gasteiger partial charge in [-0.3, -0.25) is 9.36 Å². The SMILES string of the molecule is Cc1ccc(Cn2cnc3c2c(=O)n(Cc2ccc(F)cc2)c(=O)n3-c2ccc(C(C)C)cc2)cc1. The van der Waals surface area contributed by atoms with Crippen molar-refractivity contribution in [1.82, 2.24) is 18.7 Å². The van der Waals surface area contributed by atoms with Gasteiger partial charge in [-0.25, -0.2) is 18.7 Å². The molecule has 5 rings (SSSR count). The van der Waals surface area contributed by atoms with E-state index >= 15 is 0 Å². The van der Waals surface area contributed by atoms with Gasteiger partial charge in [-0.2, -0.15) is 0 Å². The highest BCUT2D eigenvalue weighted by Crippen LogP contribution is 2.19. The summed E-state index contributed by atoms with van der Waals surface area (Å²) in [6, 6.07) is 21.6. The van der Waals surface area contributed by atoms with E-state index in [2.05, 4.69) is 18.8 Å². The lowest BCUT2D eigenvalue weighted by atomic mass is 10.0. The van der Waals surface area contributed by atoms with Crippen molar-refractivity contribution in [2.75, 3.05) is 0 Å². The molecular weight excluding hydrogens is 455 g/mol. The number of hydrogen-bond donors (Lipinski definition) is 0. The molecule has 6 nitrogen and oxygen atoms in total. The van der Waals surface area contributed by atoms with Gasteiger partial charge >= 0.3 is 5.69 Å². The van der Waals surface area contributed by atoms with Crippen LogP contribution >= 0.6 is 0 Å². The largest absolute Gasteiger partial charge is 0.337 e. The summed E-state index contributed by atoms with van der Waals surface area (Å²) >= 11 is 0. The van der Waals surface area contributed by atoms with Crippen LogP contribution in [0.5, 0.6) is 0 Å². The van der Waals surface area contributed by atoms with Gasteiger partial charge in [0.25, 0.3) is 5.56 Å². The quantitative estimate of drug-likeness (QED) is 0.342. The minimum absolute atomic E-state index is 0.0215. The Hall–Kier alpha value is -4.26. The Kier molecular flexibility index (Phi) is 6.14. The Morgan fingerprint density at radius 2 is 1.44 bits per heavy atom. The highest BCUT2D eigenvalue weighted by atomic mass is 19.1. The van der Waals surface area contributed by atoms with Gasteiger partial charge in [-0.1, -0.05) is 67.9 Å². The normalized spacial score (nSPS) is 11.5. The molecule has 2 heterocycles. The predicted molar refractivity (Wildman–Crippen MR) is 139 cm³/mol. The predicted octanol–water partition coefficient (Wildman–Crippen LogP) is 5.02. The van der Waals surface area contributed by atoms with Crippen molar-refractivity contribution in [3.63, 3.8) is 0 Å². The van der Waals surface area contributed by atoms with Gasteiger partial charge in [0.1, 0.15) is 5.82 Å². The van der Waals surface area contributed by atoms with Gasteiger partial charge in [0, 0.05) is 6.54 Å². The van der Waals surface area contributed by atoms with E-state index in [0.29, 0.717) is 34.9 Å². The molecule has 0 unspecified atom stereocenters. The van der Waals surface area contributed by atoms with Crippen LogP contribution in [-0.4, -0.2) is 18.7 Å². The van der Waals surface area contributed by atoms with Crippen molar-refractivity contribution in [2.45, 2.75) is 39.8 Å². The summed E-state index contributed by atoms with van der Waals surface area (Å²) in [6.45, 7) is 6.69. The van der Waals surface area contributed by atoms with E-state index in [1.54, 1.807) is 23.0 Å². The first-order valence-electron chi connectivity index (χ1n) is 11.9. The third-order valence-corrected chi connectivity index (χ3v) is 6.45. The van der Waals surface area contributed by atoms with Gasteiger partial charge in [0.2, 0.25) is 0 Å². The molecule has 0 spiro atoms. The van der Waals surface area contributed by atoms with E-state index in [1.165, 1.54) is 21.3 Å². The zero-order valence-corrected chi connectivity index (χ0v) is 20.5. The van der Waals surface area contributed by atoms with Crippen molar-refractivity contribution in [3.05, 3.63) is 128 Å². The number of rotatable bonds is 6. The van der Waals surface area contributed by atoms with Crippen LogP contribution in [0.25, 0.3) is 16.9 Å². The Bertz CT molecular complexity index is 1640. The summed E-state index contributed by atoms with van der Waals surface area (Å²) in [6.07, 6.45) is 1.60. The van der Waals surface area contributed by atoms with Gasteiger partial charge in [0.15, 0.2) is 11.2 Å². The molecule has 2 aromatic heterocycles. The molecule has 0 saturated carbocycles. The number of halogens is 1. The zero-order valence-electron chi connectivity index (χ0n) is 20.5. The van der Waals surface area contributed by atoms with Gasteiger partial charge in [-0.15, -0.1) is 0 Å². The molecule has 182 valence electrons. The standard InChI is InChI=1S/C29H27FN4O2/c1-19(2)23-10-14-25(15-11-23)34-27-26(32(18-31-27)16-21-6-4-20(3)5-7-21)28(35)33(29(34)36)17-22-8-12-24(30)13-9-22/h4-15,18-19H,16-17H2,1-3H3. The number of aryl methyl sites for hydroxylation is 1. The summed E-state index contributed by atoms with van der Waals surface area (Å²) in [5.41, 5.74) is 4.32. The van der Waals surface area contributed by atoms with E-state index in [9.17, 15) is 14.0 Å². The monoisotopic (exact) mass is 482 g/mol. The fraction of sp³-hybridized carbons (Fsp3) is 0.207. The topological polar surface area (TPSA) is 61.8 Å². The van der Waals surface area contributed by atoms with Crippen LogP contribution in [-0.2, 0) is 13.1 Å². The Labute approximate surface area is 207 Å². The van der Waals surface area contributed by atoms with Crippen LogP contribution < -0.4 is 11.2 Å². The van der Waals surface area contributed by atoms with Crippen LogP contribution in [0.2, 0.25) is 0 Å². The van der Waals surface area contributed by atoms with Crippen molar-refractivity contribution in [3.8, 4) is 5.69 Å². The van der Waals surface area contributed by atoms with Crippen molar-refractivity contribution < 1.29 is 4.39 Å². The van der Waals surface area contributed by atoms with Crippen LogP contribution in [0, 0.1) is 12.7 Å². The maximum Gasteiger partial charge on any atom is 0.337 e. The molecule has 0 aliphatic carbocycles. The number of benzene rings is 3. The first-order chi connectivity index (χ1) is 17.3. The molecular formula is C29H27FN4O2. The van der Waals surface area contributed by atoms with E-state index in [0.717, 1.165) is 16.7 Å². The molecule has 0 aliphatic rings. The highest BCUT2D eigenvalue weighted by molar-refractivity contribution is 5.72. The van der Waals surface area contributed by atoms with E-state index in [4.69, 9.17) is 0 Å². The fourth-order valence-electron chi connectivity index (χ4n) is 4.34. The molecule has 0 fully saturated rings. The summed E-state index contributed by atoms with van der Waals surface area (Å²) in [7, 11) is 0. The molecule has 36 heavy (non-hydrogen) atoms. The molecule has 0 N–H and O–H groups in total. The van der Waals surface area contributed by atoms with Gasteiger partial charge in [-0.05, 0) is 53.8 Å². The second kappa shape index (κ2) is 9.41. The molecule has 0 bridgehead atoms. The van der Waals surface area contributed by atoms with Crippen LogP contribution in [0.4, 0.5) is 4.39 Å². The average Bonchev–Trinajstić information content (AvgIpc) is 3.28. The first kappa shape index (κ1) is 23.5. The molecule has 0 saturated heterocycles. The number of imidazole rings is 1. The summed E-state index contributed by atoms with van der Waals surface area (Å²) < 4.78 is 17.9. The molecule has 0 radical (unpaired) electrons. The number of aromatic nitrogens is 4. The van der Waals surface area contributed by atoms with E-state index in [-0.39, 0.29) is 12.4 Å². The maximum absolute atomic E-state index is 13.7. The maximum atomic E-state index is 13.7. The minimum atomic E-state index is -0.491. The highest BCUT2D eigenvalue weighted by Gasteiger charge is 2.20. The Morgan fingerprint density at radius 1 is 0.833 bits per heavy atom. The van der Waals surface area contributed by atoms with Crippen LogP contribution in [0.15, 0.2) is 88.7 Å². The second-order valence-corrected chi connectivity index (χ2v) is 9.41. The molecule has 0 amide bonds. The van der Waals surface area contributed by atoms with Crippen molar-refractivity contribution in [1.29, 1.82) is 0 Å². The van der Waals surface area contributed by atoms with Crippen molar-refractivity contribution in [2.24, 2.45) is 0 Å². The third kappa shape index (κ3) is 4.40. The summed E-state index contributed by atoms with van der Waals surface area (Å²) in [4.78, 5) is 31.9. The average molecular weight is 483 g/mol. The van der Waals surface area contributed by atoms with Gasteiger partial charge < -0.3 is 4.57 Å². The molecule has 7 heteroatoms. The lowest BCUT2D eigenvalue weighted by Gasteiger charge is -2.14. The summed E-state index contributed by atoms with van der Waals surface area (Å²) in [5, 5.41) is 0. The van der Waals surface area contributed by atoms with Gasteiger partial charge in [0.05, 0.1) is 18.6 Å². The minimum Gasteiger partial charge on any atom is -0.320 e. The Morgan fingerprint density at radius 3 is 2.08 bits per heavy atom. The summed E-state index contributed by atoms with van der Waals surface area (Å²) in [5.74, 6) is -0.0303. The fourth-order valence-corrected chi connectivity index (χ4v) is 4.34.